The summed E-state index contributed by atoms with van der Waals surface area (Å²) in [7, 11) is 0. The Bertz CT molecular complexity index is 1700. The summed E-state index contributed by atoms with van der Waals surface area (Å²) < 4.78 is 3.63. The molecule has 160 valence electrons. The second-order valence-corrected chi connectivity index (χ2v) is 8.32. The molecule has 1 aliphatic heterocycles. The third kappa shape index (κ3) is 3.49. The van der Waals surface area contributed by atoms with Crippen LogP contribution in [0.15, 0.2) is 77.1 Å². The SMILES string of the molecule is O=C1N=c2ccc(-n3ncc4ncc(-c5ccnn5Cc5ccc(Cl)cc5Cl)cc43)cc2=N1. The lowest BCUT2D eigenvalue weighted by Gasteiger charge is -2.10. The zero-order chi connectivity index (χ0) is 22.5. The van der Waals surface area contributed by atoms with Crippen LogP contribution in [0.2, 0.25) is 10.0 Å². The molecule has 6 rings (SSSR count). The van der Waals surface area contributed by atoms with E-state index in [0.29, 0.717) is 27.3 Å². The Balaban J connectivity index is 1.42. The largest absolute Gasteiger partial charge is 0.368 e. The first-order chi connectivity index (χ1) is 16.0. The number of amides is 2. The molecule has 5 aromatic rings. The molecule has 33 heavy (non-hydrogen) atoms. The Hall–Kier alpha value is -3.88. The molecule has 2 amide bonds. The third-order valence-corrected chi connectivity index (χ3v) is 5.99. The second-order valence-electron chi connectivity index (χ2n) is 7.47. The number of urea groups is 1. The minimum atomic E-state index is -0.495. The summed E-state index contributed by atoms with van der Waals surface area (Å²) in [6, 6.07) is 14.3. The second kappa shape index (κ2) is 7.61. The molecule has 10 heteroatoms. The van der Waals surface area contributed by atoms with E-state index in [0.717, 1.165) is 33.5 Å². The lowest BCUT2D eigenvalue weighted by Crippen LogP contribution is -2.22. The molecule has 0 spiro atoms. The van der Waals surface area contributed by atoms with E-state index in [1.54, 1.807) is 41.5 Å². The van der Waals surface area contributed by atoms with Crippen molar-refractivity contribution in [3.8, 4) is 16.9 Å². The van der Waals surface area contributed by atoms with E-state index < -0.39 is 6.03 Å². The molecular formula is C23H13Cl2N7O. The average Bonchev–Trinajstić information content (AvgIpc) is 3.52. The smallest absolute Gasteiger partial charge is 0.260 e. The molecule has 0 bridgehead atoms. The van der Waals surface area contributed by atoms with Crippen molar-refractivity contribution in [2.45, 2.75) is 6.54 Å². The zero-order valence-electron chi connectivity index (χ0n) is 16.9. The highest BCUT2D eigenvalue weighted by atomic mass is 35.5. The van der Waals surface area contributed by atoms with Gasteiger partial charge < -0.3 is 0 Å². The normalized spacial score (nSPS) is 12.6. The Morgan fingerprint density at radius 2 is 1.76 bits per heavy atom. The van der Waals surface area contributed by atoms with Crippen LogP contribution < -0.4 is 10.7 Å². The van der Waals surface area contributed by atoms with Gasteiger partial charge in [0, 0.05) is 28.0 Å². The van der Waals surface area contributed by atoms with E-state index >= 15 is 0 Å². The van der Waals surface area contributed by atoms with E-state index in [1.807, 2.05) is 35.0 Å². The maximum atomic E-state index is 11.5. The maximum absolute atomic E-state index is 11.5. The lowest BCUT2D eigenvalue weighted by atomic mass is 10.1. The fourth-order valence-corrected chi connectivity index (χ4v) is 4.30. The molecule has 0 radical (unpaired) electrons. The van der Waals surface area contributed by atoms with Crippen molar-refractivity contribution >= 4 is 40.3 Å². The molecule has 0 unspecified atom stereocenters. The number of pyridine rings is 1. The van der Waals surface area contributed by atoms with Crippen LogP contribution in [0.25, 0.3) is 28.0 Å². The van der Waals surface area contributed by atoms with Gasteiger partial charge >= 0.3 is 6.03 Å². The summed E-state index contributed by atoms with van der Waals surface area (Å²) >= 11 is 12.4. The number of benzene rings is 2. The average molecular weight is 474 g/mol. The van der Waals surface area contributed by atoms with Gasteiger partial charge in [0.1, 0.15) is 5.52 Å². The van der Waals surface area contributed by atoms with Crippen molar-refractivity contribution < 1.29 is 4.79 Å². The first-order valence-corrected chi connectivity index (χ1v) is 10.7. The Morgan fingerprint density at radius 3 is 2.64 bits per heavy atom. The topological polar surface area (TPSA) is 90.3 Å². The van der Waals surface area contributed by atoms with E-state index in [1.165, 1.54) is 0 Å². The number of fused-ring (bicyclic) bond motifs is 2. The third-order valence-electron chi connectivity index (χ3n) is 5.40. The summed E-state index contributed by atoms with van der Waals surface area (Å²) in [5.74, 6) is 0. The van der Waals surface area contributed by atoms with Crippen molar-refractivity contribution in [1.82, 2.24) is 24.5 Å². The van der Waals surface area contributed by atoms with Gasteiger partial charge in [-0.3, -0.25) is 9.67 Å². The fraction of sp³-hybridized carbons (Fsp3) is 0.0435. The summed E-state index contributed by atoms with van der Waals surface area (Å²) in [5, 5.41) is 11.2. The van der Waals surface area contributed by atoms with Gasteiger partial charge in [0.25, 0.3) is 0 Å². The minimum Gasteiger partial charge on any atom is -0.260 e. The van der Waals surface area contributed by atoms with Crippen LogP contribution in [0.5, 0.6) is 0 Å². The summed E-state index contributed by atoms with van der Waals surface area (Å²) in [6.45, 7) is 0.486. The van der Waals surface area contributed by atoms with Crippen molar-refractivity contribution in [1.29, 1.82) is 0 Å². The summed E-state index contributed by atoms with van der Waals surface area (Å²) in [6.07, 6.45) is 5.23. The van der Waals surface area contributed by atoms with Crippen molar-refractivity contribution in [3.05, 3.63) is 93.4 Å². The predicted molar refractivity (Wildman–Crippen MR) is 123 cm³/mol. The Morgan fingerprint density at radius 1 is 0.879 bits per heavy atom. The van der Waals surface area contributed by atoms with Crippen molar-refractivity contribution in [2.24, 2.45) is 9.98 Å². The van der Waals surface area contributed by atoms with Gasteiger partial charge in [-0.15, -0.1) is 0 Å². The van der Waals surface area contributed by atoms with Crippen LogP contribution in [0, 0.1) is 0 Å². The number of hydrogen-bond donors (Lipinski definition) is 0. The molecule has 0 atom stereocenters. The molecule has 4 heterocycles. The molecule has 0 saturated heterocycles. The van der Waals surface area contributed by atoms with E-state index in [9.17, 15) is 4.79 Å². The van der Waals surface area contributed by atoms with Crippen molar-refractivity contribution in [3.63, 3.8) is 0 Å². The van der Waals surface area contributed by atoms with Crippen LogP contribution in [0.4, 0.5) is 4.79 Å². The number of carbonyl (C=O) groups is 1. The summed E-state index contributed by atoms with van der Waals surface area (Å²) in [5.41, 5.74) is 4.99. The first kappa shape index (κ1) is 19.8. The predicted octanol–water partition coefficient (Wildman–Crippen LogP) is 4.01. The number of carbonyl (C=O) groups excluding carboxylic acids is 1. The van der Waals surface area contributed by atoms with Crippen molar-refractivity contribution in [2.75, 3.05) is 0 Å². The van der Waals surface area contributed by atoms with Crippen LogP contribution in [-0.4, -0.2) is 30.6 Å². The highest BCUT2D eigenvalue weighted by Gasteiger charge is 2.14. The zero-order valence-corrected chi connectivity index (χ0v) is 18.4. The van der Waals surface area contributed by atoms with Crippen LogP contribution in [-0.2, 0) is 6.54 Å². The molecule has 3 aromatic heterocycles. The van der Waals surface area contributed by atoms with Gasteiger partial charge in [-0.1, -0.05) is 29.3 Å². The molecule has 8 nitrogen and oxygen atoms in total. The van der Waals surface area contributed by atoms with Gasteiger partial charge in [0.2, 0.25) is 0 Å². The van der Waals surface area contributed by atoms with Gasteiger partial charge in [-0.25, -0.2) is 9.48 Å². The Labute approximate surface area is 196 Å². The van der Waals surface area contributed by atoms with Crippen LogP contribution in [0.1, 0.15) is 5.56 Å². The van der Waals surface area contributed by atoms with Gasteiger partial charge in [0.15, 0.2) is 0 Å². The van der Waals surface area contributed by atoms with Crippen LogP contribution in [0.3, 0.4) is 0 Å². The van der Waals surface area contributed by atoms with E-state index in [-0.39, 0.29) is 0 Å². The number of halogens is 2. The van der Waals surface area contributed by atoms with Gasteiger partial charge in [0.05, 0.1) is 40.4 Å². The highest BCUT2D eigenvalue weighted by molar-refractivity contribution is 6.35. The number of rotatable bonds is 4. The fourth-order valence-electron chi connectivity index (χ4n) is 3.83. The molecule has 1 aliphatic rings. The number of nitrogens with zero attached hydrogens (tertiary/aromatic N) is 7. The number of aromatic nitrogens is 5. The maximum Gasteiger partial charge on any atom is 0.368 e. The molecule has 0 N–H and O–H groups in total. The Kier molecular flexibility index (Phi) is 4.56. The molecule has 0 saturated carbocycles. The molecule has 0 fully saturated rings. The summed E-state index contributed by atoms with van der Waals surface area (Å²) in [4.78, 5) is 23.9. The standard InChI is InChI=1S/C23H13Cl2N7O/c24-15-2-1-13(17(25)8-15)12-31-21(5-6-27-31)14-7-22-20(26-10-14)11-28-32(22)16-3-4-18-19(9-16)30-23(33)29-18/h1-11H,12H2. The quantitative estimate of drug-likeness (QED) is 0.394. The minimum absolute atomic E-state index is 0.486. The first-order valence-electron chi connectivity index (χ1n) is 9.97. The molecule has 0 aliphatic carbocycles. The van der Waals surface area contributed by atoms with Gasteiger partial charge in [-0.05, 0) is 48.0 Å². The molecular weight excluding hydrogens is 461 g/mol. The lowest BCUT2D eigenvalue weighted by molar-refractivity contribution is 0.256. The van der Waals surface area contributed by atoms with Crippen LogP contribution >= 0.6 is 23.2 Å². The monoisotopic (exact) mass is 473 g/mol. The number of hydrogen-bond acceptors (Lipinski definition) is 4. The van der Waals surface area contributed by atoms with E-state index in [2.05, 4.69) is 25.2 Å². The molecule has 2 aromatic carbocycles. The van der Waals surface area contributed by atoms with Gasteiger partial charge in [-0.2, -0.15) is 20.2 Å². The highest BCUT2D eigenvalue weighted by Crippen LogP contribution is 2.26. The van der Waals surface area contributed by atoms with E-state index in [4.69, 9.17) is 23.2 Å².